The first-order chi connectivity index (χ1) is 31.9. The van der Waals surface area contributed by atoms with Gasteiger partial charge in [0, 0.05) is 13.1 Å². The fourth-order valence-corrected chi connectivity index (χ4v) is 15.4. The van der Waals surface area contributed by atoms with Crippen LogP contribution in [-0.2, 0) is 60.4 Å². The van der Waals surface area contributed by atoms with Crippen molar-refractivity contribution in [3.63, 3.8) is 0 Å². The maximum absolute atomic E-state index is 14.0. The minimum atomic E-state index is -4.68. The number of halogens is 6. The van der Waals surface area contributed by atoms with E-state index in [0.29, 0.717) is 11.1 Å². The lowest BCUT2D eigenvalue weighted by Crippen LogP contribution is -2.42. The van der Waals surface area contributed by atoms with Crippen LogP contribution in [0, 0.1) is 13.8 Å². The second-order valence-corrected chi connectivity index (χ2v) is 23.5. The van der Waals surface area contributed by atoms with Crippen LogP contribution in [0.3, 0.4) is 0 Å². The number of nitrogens with one attached hydrogen (secondary N) is 2. The Morgan fingerprint density at radius 1 is 0.515 bits per heavy atom. The minimum absolute atomic E-state index is 0.114. The topological polar surface area (TPSA) is 169 Å². The predicted octanol–water partition coefficient (Wildman–Crippen LogP) is 9.36. The molecule has 8 atom stereocenters. The molecule has 6 rings (SSSR count). The Labute approximate surface area is 393 Å². The lowest BCUT2D eigenvalue weighted by molar-refractivity contribution is -0.138. The summed E-state index contributed by atoms with van der Waals surface area (Å²) in [5.74, 6) is -3.54. The zero-order valence-electron chi connectivity index (χ0n) is 38.1. The van der Waals surface area contributed by atoms with Gasteiger partial charge < -0.3 is 18.1 Å². The lowest BCUT2D eigenvalue weighted by atomic mass is 10.2. The van der Waals surface area contributed by atoms with Crippen molar-refractivity contribution in [2.75, 3.05) is 26.4 Å². The highest BCUT2D eigenvalue weighted by atomic mass is 32.2. The number of sulfonamides is 2. The van der Waals surface area contributed by atoms with Crippen molar-refractivity contribution >= 4 is 35.2 Å². The third-order valence-electron chi connectivity index (χ3n) is 10.8. The molecule has 14 nitrogen and oxygen atoms in total. The summed E-state index contributed by atoms with van der Waals surface area (Å²) >= 11 is 0. The Hall–Kier alpha value is -3.50. The molecule has 2 aliphatic heterocycles. The first-order valence-electron chi connectivity index (χ1n) is 21.5. The van der Waals surface area contributed by atoms with E-state index in [1.807, 2.05) is 0 Å². The van der Waals surface area contributed by atoms with Gasteiger partial charge in [-0.1, -0.05) is 96.1 Å². The highest BCUT2D eigenvalue weighted by Crippen LogP contribution is 2.61. The van der Waals surface area contributed by atoms with Gasteiger partial charge >= 0.3 is 27.5 Å². The van der Waals surface area contributed by atoms with Gasteiger partial charge in [-0.25, -0.2) is 16.8 Å². The molecule has 2 N–H and O–H groups in total. The molecule has 24 heteroatoms. The average Bonchev–Trinajstić information content (AvgIpc) is 4.17. The molecule has 2 heterocycles. The van der Waals surface area contributed by atoms with Crippen LogP contribution in [0.2, 0.25) is 0 Å². The summed E-state index contributed by atoms with van der Waals surface area (Å²) in [6, 6.07) is 21.5. The summed E-state index contributed by atoms with van der Waals surface area (Å²) in [5.41, 5.74) is 2.81. The van der Waals surface area contributed by atoms with E-state index in [9.17, 15) is 52.3 Å². The van der Waals surface area contributed by atoms with Crippen LogP contribution in [0.5, 0.6) is 0 Å². The van der Waals surface area contributed by atoms with Crippen molar-refractivity contribution in [1.82, 2.24) is 19.2 Å². The third kappa shape index (κ3) is 13.9. The number of alkyl halides is 6. The second kappa shape index (κ2) is 22.7. The maximum Gasteiger partial charge on any atom is 0.405 e. The lowest BCUT2D eigenvalue weighted by Gasteiger charge is -2.27. The number of hydrogen-bond donors (Lipinski definition) is 2. The first kappa shape index (κ1) is 55.4. The number of nitrogens with zero attached hydrogens (tertiary/aromatic N) is 2. The number of aryl methyl sites for hydroxylation is 2. The summed E-state index contributed by atoms with van der Waals surface area (Å²) < 4.78 is 189. The smallest absolute Gasteiger partial charge is 0.308 e. The molecule has 376 valence electrons. The first-order valence-corrected chi connectivity index (χ1v) is 27.7. The van der Waals surface area contributed by atoms with Crippen LogP contribution in [-0.4, -0.2) is 101 Å². The minimum Gasteiger partial charge on any atom is -0.308 e. The van der Waals surface area contributed by atoms with Crippen LogP contribution in [0.4, 0.5) is 26.3 Å². The van der Waals surface area contributed by atoms with E-state index < -0.39 is 83.3 Å². The van der Waals surface area contributed by atoms with Crippen molar-refractivity contribution in [3.05, 3.63) is 131 Å². The molecule has 2 saturated heterocycles. The summed E-state index contributed by atoms with van der Waals surface area (Å²) in [5, 5.41) is 0. The van der Waals surface area contributed by atoms with Crippen LogP contribution in [0.1, 0.15) is 49.9 Å². The monoisotopic (exact) mass is 1040 g/mol. The van der Waals surface area contributed by atoms with E-state index in [4.69, 9.17) is 18.1 Å². The Bertz CT molecular complexity index is 2390. The van der Waals surface area contributed by atoms with Gasteiger partial charge in [-0.15, -0.1) is 0 Å². The standard InChI is InChI=1S/2C22H28F3N2O5PS/c2*1-4-31-33(28,32-5-2)21(26-34(29,30)18-13-11-16(3)12-14-18)19-20(22(23,24)25)27(19)15-17-9-7-6-8-10-17/h2*6-14,19-21,26H,4-5,15H2,1-3H3/t2*19-,20+,21+,27?/m10/s1. The molecule has 0 saturated carbocycles. The third-order valence-corrected chi connectivity index (χ3v) is 18.8. The SMILES string of the molecule is CCOP(=O)(OCC)[C@@H](NS(=O)(=O)c1ccc(C)cc1)[C@@H]1[C@H](C(F)(F)F)N1Cc1ccccc1.CCOP(=O)(OCC)[C@H](NS(=O)(=O)c1ccc(C)cc1)[C@H]1[C@@H](C(F)(F)F)N1Cc1ccccc1. The van der Waals surface area contributed by atoms with E-state index in [-0.39, 0.29) is 49.3 Å². The van der Waals surface area contributed by atoms with Crippen molar-refractivity contribution in [3.8, 4) is 0 Å². The summed E-state index contributed by atoms with van der Waals surface area (Å²) in [6.45, 7) is 8.79. The highest BCUT2D eigenvalue weighted by molar-refractivity contribution is 7.90. The van der Waals surface area contributed by atoms with Crippen LogP contribution in [0.25, 0.3) is 0 Å². The fourth-order valence-electron chi connectivity index (χ4n) is 7.71. The molecule has 2 aliphatic rings. The van der Waals surface area contributed by atoms with Gasteiger partial charge in [0.05, 0.1) is 48.3 Å². The van der Waals surface area contributed by atoms with E-state index in [1.165, 1.54) is 52.0 Å². The molecule has 4 aromatic rings. The highest BCUT2D eigenvalue weighted by Gasteiger charge is 2.70. The number of hydrogen-bond acceptors (Lipinski definition) is 12. The van der Waals surface area contributed by atoms with E-state index in [0.717, 1.165) is 20.9 Å². The molecule has 0 bridgehead atoms. The molecule has 2 fully saturated rings. The predicted molar refractivity (Wildman–Crippen MR) is 244 cm³/mol. The normalized spacial score (nSPS) is 21.9. The average molecular weight is 1040 g/mol. The zero-order valence-corrected chi connectivity index (χ0v) is 41.5. The second-order valence-electron chi connectivity index (χ2n) is 15.8. The molecule has 0 amide bonds. The van der Waals surface area contributed by atoms with Gasteiger partial charge in [0.1, 0.15) is 23.6 Å². The quantitative estimate of drug-likeness (QED) is 0.0435. The molecule has 0 aliphatic carbocycles. The van der Waals surface area contributed by atoms with Crippen LogP contribution >= 0.6 is 15.2 Å². The molecule has 2 unspecified atom stereocenters. The number of benzene rings is 4. The Morgan fingerprint density at radius 2 is 0.794 bits per heavy atom. The van der Waals surface area contributed by atoms with Crippen molar-refractivity contribution in [1.29, 1.82) is 0 Å². The largest absolute Gasteiger partial charge is 0.405 e. The number of rotatable bonds is 22. The van der Waals surface area contributed by atoms with Crippen molar-refractivity contribution < 1.29 is 70.4 Å². The molecular weight excluding hydrogens is 985 g/mol. The summed E-state index contributed by atoms with van der Waals surface area (Å²) in [7, 11) is -17.3. The Morgan fingerprint density at radius 3 is 1.04 bits per heavy atom. The molecule has 4 aromatic carbocycles. The molecule has 0 radical (unpaired) electrons. The van der Waals surface area contributed by atoms with Crippen LogP contribution in [0.15, 0.2) is 119 Å². The zero-order chi connectivity index (χ0) is 50.3. The molecule has 0 spiro atoms. The molecular formula is C44H56F6N4O10P2S2. The van der Waals surface area contributed by atoms with Gasteiger partial charge in [-0.05, 0) is 76.9 Å². The maximum atomic E-state index is 14.0. The van der Waals surface area contributed by atoms with E-state index in [2.05, 4.69) is 9.44 Å². The van der Waals surface area contributed by atoms with Crippen molar-refractivity contribution in [2.45, 2.75) is 113 Å². The van der Waals surface area contributed by atoms with Gasteiger partial charge in [0.25, 0.3) is 0 Å². The summed E-state index contributed by atoms with van der Waals surface area (Å²) in [6.07, 6.45) is -9.37. The van der Waals surface area contributed by atoms with Gasteiger partial charge in [0.2, 0.25) is 20.0 Å². The summed E-state index contributed by atoms with van der Waals surface area (Å²) in [4.78, 5) is 1.79. The fraction of sp³-hybridized carbons (Fsp3) is 0.455. The van der Waals surface area contributed by atoms with E-state index in [1.54, 1.807) is 98.8 Å². The van der Waals surface area contributed by atoms with Crippen molar-refractivity contribution in [2.24, 2.45) is 0 Å². The molecule has 0 aromatic heterocycles. The van der Waals surface area contributed by atoms with Gasteiger partial charge in [0.15, 0.2) is 0 Å². The van der Waals surface area contributed by atoms with Gasteiger partial charge in [-0.2, -0.15) is 35.8 Å². The van der Waals surface area contributed by atoms with Crippen LogP contribution < -0.4 is 9.44 Å². The van der Waals surface area contributed by atoms with Gasteiger partial charge in [-0.3, -0.25) is 18.9 Å². The Kier molecular flexibility index (Phi) is 18.5. The van der Waals surface area contributed by atoms with E-state index >= 15 is 0 Å². The Balaban J connectivity index is 0.000000254. The molecule has 68 heavy (non-hydrogen) atoms.